The van der Waals surface area contributed by atoms with Crippen LogP contribution < -0.4 is 5.32 Å². The van der Waals surface area contributed by atoms with Crippen LogP contribution in [0.15, 0.2) is 72.8 Å². The fourth-order valence-corrected chi connectivity index (χ4v) is 3.49. The van der Waals surface area contributed by atoms with Gasteiger partial charge >= 0.3 is 23.9 Å². The molecule has 3 aromatic rings. The molecule has 0 radical (unpaired) electrons. The van der Waals surface area contributed by atoms with Gasteiger partial charge < -0.3 is 24.6 Å². The Labute approximate surface area is 218 Å². The van der Waals surface area contributed by atoms with Gasteiger partial charge in [-0.15, -0.1) is 0 Å². The van der Waals surface area contributed by atoms with Crippen molar-refractivity contribution in [2.75, 3.05) is 12.4 Å². The highest BCUT2D eigenvalue weighted by molar-refractivity contribution is 6.05. The number of aryl methyl sites for hydroxylation is 2. The molecule has 196 valence electrons. The Kier molecular flexibility index (Phi) is 8.94. The van der Waals surface area contributed by atoms with Crippen LogP contribution in [0.1, 0.15) is 42.2 Å². The van der Waals surface area contributed by atoms with Crippen molar-refractivity contribution in [2.24, 2.45) is 0 Å². The molecule has 2 N–H and O–H groups in total. The van der Waals surface area contributed by atoms with Crippen molar-refractivity contribution in [1.29, 1.82) is 0 Å². The Morgan fingerprint density at radius 2 is 1.24 bits per heavy atom. The number of ether oxygens (including phenoxy) is 3. The van der Waals surface area contributed by atoms with E-state index in [0.717, 1.165) is 7.11 Å². The normalized spacial score (nSPS) is 12.0. The number of para-hydroxylation sites is 1. The van der Waals surface area contributed by atoms with Crippen molar-refractivity contribution in [3.05, 3.63) is 101 Å². The standard InChI is InChI=1S/C28H25NO9/c1-16-8-6-10-18(14-16)26(33)37-22(24(30)29-21-13-5-4-12-20(21)28(35)36-3)23(25(31)32)38-27(34)19-11-7-9-17(2)15-19/h4-15,22-23H,1-3H3,(H,29,30)(H,31,32)/t22-,23-/m0/s1. The van der Waals surface area contributed by atoms with Gasteiger partial charge in [0.25, 0.3) is 5.91 Å². The number of aliphatic carboxylic acids is 1. The predicted molar refractivity (Wildman–Crippen MR) is 135 cm³/mol. The Hall–Kier alpha value is -4.99. The average molecular weight is 520 g/mol. The lowest BCUT2D eigenvalue weighted by Crippen LogP contribution is -2.48. The lowest BCUT2D eigenvalue weighted by molar-refractivity contribution is -0.157. The molecule has 0 saturated carbocycles. The molecule has 10 nitrogen and oxygen atoms in total. The zero-order valence-electron chi connectivity index (χ0n) is 20.8. The predicted octanol–water partition coefficient (Wildman–Crippen LogP) is 3.56. The second kappa shape index (κ2) is 12.3. The van der Waals surface area contributed by atoms with E-state index in [4.69, 9.17) is 14.2 Å². The van der Waals surface area contributed by atoms with Gasteiger partial charge in [0.05, 0.1) is 29.5 Å². The number of carboxylic acid groups (broad SMARTS) is 1. The fourth-order valence-electron chi connectivity index (χ4n) is 3.49. The van der Waals surface area contributed by atoms with Crippen LogP contribution in [-0.2, 0) is 23.8 Å². The van der Waals surface area contributed by atoms with Crippen LogP contribution >= 0.6 is 0 Å². The number of anilines is 1. The van der Waals surface area contributed by atoms with Gasteiger partial charge in [0.15, 0.2) is 0 Å². The molecule has 0 unspecified atom stereocenters. The second-order valence-electron chi connectivity index (χ2n) is 8.26. The number of rotatable bonds is 9. The third kappa shape index (κ3) is 6.82. The number of carboxylic acids is 1. The lowest BCUT2D eigenvalue weighted by Gasteiger charge is -2.24. The van der Waals surface area contributed by atoms with E-state index in [2.05, 4.69) is 5.32 Å². The third-order valence-electron chi connectivity index (χ3n) is 5.34. The summed E-state index contributed by atoms with van der Waals surface area (Å²) in [5, 5.41) is 12.3. The number of methoxy groups -OCH3 is 1. The molecule has 0 aliphatic rings. The summed E-state index contributed by atoms with van der Waals surface area (Å²) in [5.41, 5.74) is 1.45. The highest BCUT2D eigenvalue weighted by Gasteiger charge is 2.41. The fraction of sp³-hybridized carbons (Fsp3) is 0.179. The highest BCUT2D eigenvalue weighted by atomic mass is 16.6. The zero-order chi connectivity index (χ0) is 27.8. The molecular formula is C28H25NO9. The van der Waals surface area contributed by atoms with Gasteiger partial charge in [-0.25, -0.2) is 19.2 Å². The summed E-state index contributed by atoms with van der Waals surface area (Å²) in [6, 6.07) is 18.2. The number of hydrogen-bond acceptors (Lipinski definition) is 8. The summed E-state index contributed by atoms with van der Waals surface area (Å²) in [6.45, 7) is 3.46. The van der Waals surface area contributed by atoms with E-state index in [1.54, 1.807) is 38.1 Å². The van der Waals surface area contributed by atoms with Crippen molar-refractivity contribution in [2.45, 2.75) is 26.1 Å². The SMILES string of the molecule is COC(=O)c1ccccc1NC(=O)[C@@H](OC(=O)c1cccc(C)c1)[C@H](OC(=O)c1cccc(C)c1)C(=O)O. The largest absolute Gasteiger partial charge is 0.478 e. The minimum absolute atomic E-state index is 0.0317. The molecular weight excluding hydrogens is 494 g/mol. The minimum Gasteiger partial charge on any atom is -0.478 e. The van der Waals surface area contributed by atoms with E-state index in [-0.39, 0.29) is 22.4 Å². The van der Waals surface area contributed by atoms with Crippen LogP contribution in [0.2, 0.25) is 0 Å². The van der Waals surface area contributed by atoms with Gasteiger partial charge in [-0.1, -0.05) is 47.5 Å². The first-order valence-corrected chi connectivity index (χ1v) is 11.4. The van der Waals surface area contributed by atoms with E-state index in [1.807, 2.05) is 0 Å². The molecule has 38 heavy (non-hydrogen) atoms. The van der Waals surface area contributed by atoms with Gasteiger partial charge in [-0.3, -0.25) is 4.79 Å². The smallest absolute Gasteiger partial charge is 0.349 e. The third-order valence-corrected chi connectivity index (χ3v) is 5.34. The van der Waals surface area contributed by atoms with Crippen LogP contribution in [0.25, 0.3) is 0 Å². The number of hydrogen-bond donors (Lipinski definition) is 2. The van der Waals surface area contributed by atoms with Gasteiger partial charge in [-0.05, 0) is 50.2 Å². The highest BCUT2D eigenvalue weighted by Crippen LogP contribution is 2.20. The van der Waals surface area contributed by atoms with E-state index in [1.165, 1.54) is 48.5 Å². The quantitative estimate of drug-likeness (QED) is 0.320. The van der Waals surface area contributed by atoms with Gasteiger partial charge in [0, 0.05) is 0 Å². The van der Waals surface area contributed by atoms with Crippen LogP contribution in [0.5, 0.6) is 0 Å². The molecule has 10 heteroatoms. The maximum absolute atomic E-state index is 13.3. The number of carbonyl (C=O) groups excluding carboxylic acids is 4. The van der Waals surface area contributed by atoms with Crippen molar-refractivity contribution < 1.29 is 43.3 Å². The van der Waals surface area contributed by atoms with Gasteiger partial charge in [0.2, 0.25) is 12.2 Å². The Bertz CT molecular complexity index is 1380. The molecule has 0 aliphatic heterocycles. The molecule has 1 amide bonds. The zero-order valence-corrected chi connectivity index (χ0v) is 20.8. The maximum atomic E-state index is 13.3. The monoisotopic (exact) mass is 519 g/mol. The Balaban J connectivity index is 1.97. The number of carbonyl (C=O) groups is 5. The van der Waals surface area contributed by atoms with Crippen molar-refractivity contribution in [1.82, 2.24) is 0 Å². The molecule has 3 aromatic carbocycles. The van der Waals surface area contributed by atoms with Crippen LogP contribution in [0.3, 0.4) is 0 Å². The molecule has 0 bridgehead atoms. The van der Waals surface area contributed by atoms with Crippen molar-refractivity contribution in [3.63, 3.8) is 0 Å². The molecule has 0 heterocycles. The molecule has 0 aliphatic carbocycles. The van der Waals surface area contributed by atoms with Crippen LogP contribution in [0, 0.1) is 13.8 Å². The number of amides is 1. The molecule has 0 aromatic heterocycles. The van der Waals surface area contributed by atoms with Crippen LogP contribution in [0.4, 0.5) is 5.69 Å². The van der Waals surface area contributed by atoms with Gasteiger partial charge in [-0.2, -0.15) is 0 Å². The average Bonchev–Trinajstić information content (AvgIpc) is 2.90. The first kappa shape index (κ1) is 27.6. The topological polar surface area (TPSA) is 145 Å². The first-order valence-electron chi connectivity index (χ1n) is 11.4. The molecule has 2 atom stereocenters. The summed E-state index contributed by atoms with van der Waals surface area (Å²) in [5.74, 6) is -5.71. The number of benzene rings is 3. The van der Waals surface area contributed by atoms with E-state index in [0.29, 0.717) is 11.1 Å². The van der Waals surface area contributed by atoms with E-state index < -0.39 is 42.0 Å². The van der Waals surface area contributed by atoms with Crippen molar-refractivity contribution >= 4 is 35.5 Å². The molecule has 3 rings (SSSR count). The number of nitrogens with one attached hydrogen (secondary N) is 1. The van der Waals surface area contributed by atoms with E-state index in [9.17, 15) is 29.1 Å². The molecule has 0 spiro atoms. The minimum atomic E-state index is -2.22. The molecule has 0 fully saturated rings. The maximum Gasteiger partial charge on any atom is 0.349 e. The summed E-state index contributed by atoms with van der Waals surface area (Å²) >= 11 is 0. The van der Waals surface area contributed by atoms with Crippen LogP contribution in [-0.4, -0.2) is 54.2 Å². The Morgan fingerprint density at radius 1 is 0.711 bits per heavy atom. The second-order valence-corrected chi connectivity index (χ2v) is 8.26. The Morgan fingerprint density at radius 3 is 1.74 bits per heavy atom. The lowest BCUT2D eigenvalue weighted by atomic mass is 10.1. The molecule has 0 saturated heterocycles. The summed E-state index contributed by atoms with van der Waals surface area (Å²) in [4.78, 5) is 63.3. The first-order chi connectivity index (χ1) is 18.1. The summed E-state index contributed by atoms with van der Waals surface area (Å²) in [6.07, 6.45) is -4.35. The van der Waals surface area contributed by atoms with Gasteiger partial charge in [0.1, 0.15) is 0 Å². The summed E-state index contributed by atoms with van der Waals surface area (Å²) < 4.78 is 15.2. The van der Waals surface area contributed by atoms with E-state index >= 15 is 0 Å². The van der Waals surface area contributed by atoms with Crippen molar-refractivity contribution in [3.8, 4) is 0 Å². The summed E-state index contributed by atoms with van der Waals surface area (Å²) in [7, 11) is 1.15. The number of esters is 3.